The molecule has 9 heteroatoms. The molecule has 0 aliphatic carbocycles. The van der Waals surface area contributed by atoms with Gasteiger partial charge in [-0.2, -0.15) is 0 Å². The summed E-state index contributed by atoms with van der Waals surface area (Å²) in [6, 6.07) is 12.2. The van der Waals surface area contributed by atoms with E-state index in [4.69, 9.17) is 14.2 Å². The number of rotatable bonds is 10. The Balaban J connectivity index is 1.98. The largest absolute Gasteiger partial charge is 0.497 e. The lowest BCUT2D eigenvalue weighted by molar-refractivity contribution is -0.119. The molecule has 0 aliphatic rings. The number of amides is 1. The van der Waals surface area contributed by atoms with E-state index in [1.807, 2.05) is 6.92 Å². The number of sulfonamides is 1. The number of carbonyl (C=O) groups is 1. The van der Waals surface area contributed by atoms with Crippen LogP contribution in [-0.4, -0.2) is 54.5 Å². The van der Waals surface area contributed by atoms with E-state index in [2.05, 4.69) is 5.32 Å². The maximum Gasteiger partial charge on any atom is 0.240 e. The van der Waals surface area contributed by atoms with Crippen molar-refractivity contribution < 1.29 is 27.4 Å². The number of hydrogen-bond donors (Lipinski definition) is 1. The van der Waals surface area contributed by atoms with Crippen molar-refractivity contribution in [1.82, 2.24) is 5.32 Å². The molecule has 0 bridgehead atoms. The quantitative estimate of drug-likeness (QED) is 0.589. The van der Waals surface area contributed by atoms with Crippen LogP contribution < -0.4 is 23.8 Å². The molecule has 0 aromatic heterocycles. The molecule has 0 saturated carbocycles. The monoisotopic (exact) mass is 422 g/mol. The van der Waals surface area contributed by atoms with Gasteiger partial charge in [-0.05, 0) is 36.8 Å². The number of anilines is 1. The van der Waals surface area contributed by atoms with Gasteiger partial charge in [0.25, 0.3) is 0 Å². The minimum Gasteiger partial charge on any atom is -0.497 e. The Labute approximate surface area is 171 Å². The van der Waals surface area contributed by atoms with Gasteiger partial charge in [0.2, 0.25) is 15.9 Å². The summed E-state index contributed by atoms with van der Waals surface area (Å²) in [7, 11) is -0.682. The molecule has 1 amide bonds. The van der Waals surface area contributed by atoms with Crippen molar-refractivity contribution in [3.63, 3.8) is 0 Å². The molecule has 0 atom stereocenters. The topological polar surface area (TPSA) is 94.2 Å². The van der Waals surface area contributed by atoms with E-state index in [0.29, 0.717) is 22.9 Å². The van der Waals surface area contributed by atoms with Gasteiger partial charge in [0.1, 0.15) is 30.4 Å². The molecule has 0 spiro atoms. The standard InChI is InChI=1S/C20H26N2O6S/c1-15-8-9-19(27-3)18(12-15)22(29(4,24)25)14-20(23)21-10-11-28-17-7-5-6-16(13-17)26-2/h5-9,12-13H,10-11,14H2,1-4H3,(H,21,23). The number of benzene rings is 2. The van der Waals surface area contributed by atoms with Gasteiger partial charge in [0.05, 0.1) is 32.7 Å². The summed E-state index contributed by atoms with van der Waals surface area (Å²) in [5.41, 5.74) is 1.17. The van der Waals surface area contributed by atoms with E-state index >= 15 is 0 Å². The predicted molar refractivity (Wildman–Crippen MR) is 111 cm³/mol. The number of hydrogen-bond acceptors (Lipinski definition) is 6. The van der Waals surface area contributed by atoms with E-state index in [1.54, 1.807) is 49.6 Å². The second-order valence-corrected chi connectivity index (χ2v) is 8.23. The highest BCUT2D eigenvalue weighted by molar-refractivity contribution is 7.92. The fourth-order valence-electron chi connectivity index (χ4n) is 2.61. The molecule has 2 aromatic rings. The first-order valence-corrected chi connectivity index (χ1v) is 10.8. The highest BCUT2D eigenvalue weighted by atomic mass is 32.2. The SMILES string of the molecule is COc1cccc(OCCNC(=O)CN(c2cc(C)ccc2OC)S(C)(=O)=O)c1. The van der Waals surface area contributed by atoms with Gasteiger partial charge < -0.3 is 19.5 Å². The lowest BCUT2D eigenvalue weighted by atomic mass is 10.2. The molecular formula is C20H26N2O6S. The fraction of sp³-hybridized carbons (Fsp3) is 0.350. The molecule has 2 aromatic carbocycles. The molecule has 0 unspecified atom stereocenters. The number of aryl methyl sites for hydroxylation is 1. The lowest BCUT2D eigenvalue weighted by Crippen LogP contribution is -2.41. The van der Waals surface area contributed by atoms with Crippen LogP contribution in [0.4, 0.5) is 5.69 Å². The molecule has 0 aliphatic heterocycles. The molecule has 158 valence electrons. The number of carbonyl (C=O) groups excluding carboxylic acids is 1. The van der Waals surface area contributed by atoms with Crippen molar-refractivity contribution in [2.75, 3.05) is 44.5 Å². The van der Waals surface area contributed by atoms with Crippen LogP contribution in [-0.2, 0) is 14.8 Å². The summed E-state index contributed by atoms with van der Waals surface area (Å²) >= 11 is 0. The van der Waals surface area contributed by atoms with Crippen molar-refractivity contribution in [1.29, 1.82) is 0 Å². The van der Waals surface area contributed by atoms with Gasteiger partial charge in [-0.3, -0.25) is 9.10 Å². The van der Waals surface area contributed by atoms with Crippen LogP contribution in [0.5, 0.6) is 17.2 Å². The number of nitrogens with zero attached hydrogens (tertiary/aromatic N) is 1. The fourth-order valence-corrected chi connectivity index (χ4v) is 3.46. The van der Waals surface area contributed by atoms with Gasteiger partial charge in [-0.1, -0.05) is 12.1 Å². The zero-order chi connectivity index (χ0) is 21.4. The van der Waals surface area contributed by atoms with Crippen LogP contribution in [0.15, 0.2) is 42.5 Å². The zero-order valence-electron chi connectivity index (χ0n) is 17.0. The highest BCUT2D eigenvalue weighted by Gasteiger charge is 2.24. The van der Waals surface area contributed by atoms with E-state index in [1.165, 1.54) is 7.11 Å². The van der Waals surface area contributed by atoms with Crippen LogP contribution in [0.3, 0.4) is 0 Å². The molecule has 8 nitrogen and oxygen atoms in total. The molecule has 0 heterocycles. The third-order valence-corrected chi connectivity index (χ3v) is 5.15. The van der Waals surface area contributed by atoms with Crippen LogP contribution in [0.2, 0.25) is 0 Å². The maximum atomic E-state index is 12.3. The van der Waals surface area contributed by atoms with Gasteiger partial charge in [0.15, 0.2) is 0 Å². The minimum atomic E-state index is -3.70. The molecule has 2 rings (SSSR count). The first-order valence-electron chi connectivity index (χ1n) is 8.90. The summed E-state index contributed by atoms with van der Waals surface area (Å²) in [6.45, 7) is 1.92. The van der Waals surface area contributed by atoms with E-state index < -0.39 is 15.9 Å². The Morgan fingerprint density at radius 1 is 1.07 bits per heavy atom. The molecular weight excluding hydrogens is 396 g/mol. The summed E-state index contributed by atoms with van der Waals surface area (Å²) in [5.74, 6) is 1.20. The molecule has 0 fully saturated rings. The average Bonchev–Trinajstić information content (AvgIpc) is 2.68. The number of nitrogens with one attached hydrogen (secondary N) is 1. The van der Waals surface area contributed by atoms with Crippen molar-refractivity contribution in [3.8, 4) is 17.2 Å². The van der Waals surface area contributed by atoms with Crippen molar-refractivity contribution >= 4 is 21.6 Å². The van der Waals surface area contributed by atoms with Gasteiger partial charge >= 0.3 is 0 Å². The Hall–Kier alpha value is -2.94. The van der Waals surface area contributed by atoms with Gasteiger partial charge in [-0.15, -0.1) is 0 Å². The summed E-state index contributed by atoms with van der Waals surface area (Å²) in [4.78, 5) is 12.3. The normalized spacial score (nSPS) is 10.9. The zero-order valence-corrected chi connectivity index (χ0v) is 17.8. The Morgan fingerprint density at radius 3 is 2.45 bits per heavy atom. The third kappa shape index (κ3) is 6.56. The van der Waals surface area contributed by atoms with E-state index in [0.717, 1.165) is 16.1 Å². The van der Waals surface area contributed by atoms with Gasteiger partial charge in [-0.25, -0.2) is 8.42 Å². The molecule has 0 radical (unpaired) electrons. The maximum absolute atomic E-state index is 12.3. The molecule has 0 saturated heterocycles. The Bertz CT molecular complexity index is 946. The molecule has 29 heavy (non-hydrogen) atoms. The first-order chi connectivity index (χ1) is 13.7. The van der Waals surface area contributed by atoms with Crippen LogP contribution in [0, 0.1) is 6.92 Å². The highest BCUT2D eigenvalue weighted by Crippen LogP contribution is 2.30. The average molecular weight is 423 g/mol. The van der Waals surface area contributed by atoms with E-state index in [-0.39, 0.29) is 19.7 Å². The summed E-state index contributed by atoms with van der Waals surface area (Å²) in [6.07, 6.45) is 1.05. The van der Waals surface area contributed by atoms with Crippen LogP contribution in [0.25, 0.3) is 0 Å². The summed E-state index contributed by atoms with van der Waals surface area (Å²) < 4.78 is 41.5. The molecule has 1 N–H and O–H groups in total. The van der Waals surface area contributed by atoms with Crippen molar-refractivity contribution in [3.05, 3.63) is 48.0 Å². The Kier molecular flexibility index (Phi) is 7.72. The van der Waals surface area contributed by atoms with Gasteiger partial charge in [0, 0.05) is 6.07 Å². The number of methoxy groups -OCH3 is 2. The number of ether oxygens (including phenoxy) is 3. The third-order valence-electron chi connectivity index (χ3n) is 4.02. The van der Waals surface area contributed by atoms with Crippen molar-refractivity contribution in [2.24, 2.45) is 0 Å². The predicted octanol–water partition coefficient (Wildman–Crippen LogP) is 1.97. The second-order valence-electron chi connectivity index (χ2n) is 6.32. The first kappa shape index (κ1) is 22.4. The minimum absolute atomic E-state index is 0.221. The Morgan fingerprint density at radius 2 is 1.79 bits per heavy atom. The van der Waals surface area contributed by atoms with Crippen LogP contribution >= 0.6 is 0 Å². The summed E-state index contributed by atoms with van der Waals surface area (Å²) in [5, 5.41) is 2.66. The second kappa shape index (κ2) is 10.0. The lowest BCUT2D eigenvalue weighted by Gasteiger charge is -2.24. The smallest absolute Gasteiger partial charge is 0.240 e. The van der Waals surface area contributed by atoms with Crippen LogP contribution in [0.1, 0.15) is 5.56 Å². The van der Waals surface area contributed by atoms with Crippen molar-refractivity contribution in [2.45, 2.75) is 6.92 Å². The van der Waals surface area contributed by atoms with E-state index in [9.17, 15) is 13.2 Å².